The Balaban J connectivity index is 1.63. The number of ether oxygens (including phenoxy) is 2. The highest BCUT2D eigenvalue weighted by molar-refractivity contribution is 5.92. The van der Waals surface area contributed by atoms with Crippen molar-refractivity contribution in [1.82, 2.24) is 0 Å². The van der Waals surface area contributed by atoms with Crippen LogP contribution < -0.4 is 20.4 Å². The Morgan fingerprint density at radius 2 is 1.73 bits per heavy atom. The lowest BCUT2D eigenvalue weighted by molar-refractivity contribution is -0.274. The van der Waals surface area contributed by atoms with Crippen LogP contribution in [0.5, 0.6) is 11.5 Å². The molecule has 0 saturated carbocycles. The number of nitrogens with one attached hydrogen (secondary N) is 1. The van der Waals surface area contributed by atoms with Crippen molar-refractivity contribution in [3.05, 3.63) is 64.5 Å². The average Bonchev–Trinajstić information content (AvgIpc) is 2.65. The van der Waals surface area contributed by atoms with Crippen LogP contribution in [0.2, 0.25) is 0 Å². The Morgan fingerprint density at radius 3 is 2.37 bits per heavy atom. The van der Waals surface area contributed by atoms with Gasteiger partial charge < -0.3 is 19.2 Å². The molecule has 6 nitrogen and oxygen atoms in total. The van der Waals surface area contributed by atoms with Gasteiger partial charge in [0.2, 0.25) is 0 Å². The summed E-state index contributed by atoms with van der Waals surface area (Å²) >= 11 is 0. The molecular weight excluding hydrogens is 403 g/mol. The second kappa shape index (κ2) is 8.48. The fraction of sp³-hybridized carbons (Fsp3) is 0.238. The van der Waals surface area contributed by atoms with Crippen LogP contribution in [-0.4, -0.2) is 18.9 Å². The number of alkyl halides is 3. The molecule has 1 N–H and O–H groups in total. The highest BCUT2D eigenvalue weighted by Crippen LogP contribution is 2.27. The van der Waals surface area contributed by atoms with Gasteiger partial charge in [0.1, 0.15) is 17.1 Å². The highest BCUT2D eigenvalue weighted by Gasteiger charge is 2.30. The normalized spacial score (nSPS) is 11.5. The standard InChI is InChI=1S/C21H18F3NO5/c1-12(2)17-10-20(27)29-18-9-15(7-8-16(17)18)28-11-19(26)25-13-3-5-14(6-4-13)30-21(22,23)24/h3-10,12H,11H2,1-2H3,(H,25,26). The van der Waals surface area contributed by atoms with Crippen LogP contribution in [0.25, 0.3) is 11.0 Å². The maximum atomic E-state index is 12.2. The van der Waals surface area contributed by atoms with Crippen molar-refractivity contribution in [3.8, 4) is 11.5 Å². The first-order valence-electron chi connectivity index (χ1n) is 8.97. The fourth-order valence-electron chi connectivity index (χ4n) is 2.82. The molecule has 0 aliphatic rings. The molecule has 0 bridgehead atoms. The van der Waals surface area contributed by atoms with Gasteiger partial charge in [0, 0.05) is 23.2 Å². The Bertz CT molecular complexity index is 1100. The summed E-state index contributed by atoms with van der Waals surface area (Å²) < 4.78 is 50.9. The van der Waals surface area contributed by atoms with Gasteiger partial charge in [-0.1, -0.05) is 13.8 Å². The van der Waals surface area contributed by atoms with E-state index < -0.39 is 23.6 Å². The summed E-state index contributed by atoms with van der Waals surface area (Å²) in [6, 6.07) is 11.1. The quantitative estimate of drug-likeness (QED) is 0.577. The molecular formula is C21H18F3NO5. The average molecular weight is 421 g/mol. The molecule has 1 amide bonds. The Labute approximate surface area is 169 Å². The van der Waals surface area contributed by atoms with Crippen LogP contribution in [0.15, 0.2) is 57.7 Å². The van der Waals surface area contributed by atoms with Crippen LogP contribution in [0.1, 0.15) is 25.3 Å². The lowest BCUT2D eigenvalue weighted by Crippen LogP contribution is -2.20. The van der Waals surface area contributed by atoms with Crippen molar-refractivity contribution in [1.29, 1.82) is 0 Å². The molecule has 1 heterocycles. The topological polar surface area (TPSA) is 77.8 Å². The third kappa shape index (κ3) is 5.53. The number of carbonyl (C=O) groups excluding carboxylic acids is 1. The largest absolute Gasteiger partial charge is 0.573 e. The molecule has 0 spiro atoms. The highest BCUT2D eigenvalue weighted by atomic mass is 19.4. The summed E-state index contributed by atoms with van der Waals surface area (Å²) in [4.78, 5) is 23.8. The van der Waals surface area contributed by atoms with Gasteiger partial charge in [0.05, 0.1) is 0 Å². The Hall–Kier alpha value is -3.49. The molecule has 3 aromatic rings. The number of fused-ring (bicyclic) bond motifs is 1. The predicted octanol–water partition coefficient (Wildman–Crippen LogP) is 4.83. The van der Waals surface area contributed by atoms with Crippen LogP contribution >= 0.6 is 0 Å². The second-order valence-electron chi connectivity index (χ2n) is 6.74. The summed E-state index contributed by atoms with van der Waals surface area (Å²) in [5.41, 5.74) is 1.01. The molecule has 158 valence electrons. The lowest BCUT2D eigenvalue weighted by Gasteiger charge is -2.11. The van der Waals surface area contributed by atoms with Crippen molar-refractivity contribution >= 4 is 22.6 Å². The van der Waals surface area contributed by atoms with Gasteiger partial charge in [0.15, 0.2) is 6.61 Å². The molecule has 3 rings (SSSR count). The van der Waals surface area contributed by atoms with E-state index in [1.807, 2.05) is 13.8 Å². The van der Waals surface area contributed by atoms with E-state index in [2.05, 4.69) is 10.1 Å². The molecule has 2 aromatic carbocycles. The van der Waals surface area contributed by atoms with Crippen molar-refractivity contribution in [2.45, 2.75) is 26.1 Å². The van der Waals surface area contributed by atoms with E-state index in [0.717, 1.165) is 23.1 Å². The van der Waals surface area contributed by atoms with Crippen molar-refractivity contribution in [3.63, 3.8) is 0 Å². The summed E-state index contributed by atoms with van der Waals surface area (Å²) in [7, 11) is 0. The van der Waals surface area contributed by atoms with Gasteiger partial charge in [-0.3, -0.25) is 4.79 Å². The summed E-state index contributed by atoms with van der Waals surface area (Å²) in [5.74, 6) is -0.454. The van der Waals surface area contributed by atoms with Gasteiger partial charge >= 0.3 is 12.0 Å². The van der Waals surface area contributed by atoms with E-state index in [4.69, 9.17) is 9.15 Å². The molecule has 0 radical (unpaired) electrons. The van der Waals surface area contributed by atoms with Crippen molar-refractivity contribution in [2.75, 3.05) is 11.9 Å². The van der Waals surface area contributed by atoms with Gasteiger partial charge in [-0.25, -0.2) is 4.79 Å². The zero-order valence-electron chi connectivity index (χ0n) is 16.1. The van der Waals surface area contributed by atoms with Gasteiger partial charge in [-0.2, -0.15) is 0 Å². The Kier molecular flexibility index (Phi) is 6.00. The van der Waals surface area contributed by atoms with E-state index in [-0.39, 0.29) is 18.2 Å². The predicted molar refractivity (Wildman–Crippen MR) is 104 cm³/mol. The molecule has 0 aliphatic heterocycles. The van der Waals surface area contributed by atoms with E-state index in [1.165, 1.54) is 24.3 Å². The Morgan fingerprint density at radius 1 is 1.07 bits per heavy atom. The van der Waals surface area contributed by atoms with Gasteiger partial charge in [0.25, 0.3) is 5.91 Å². The maximum absolute atomic E-state index is 12.2. The van der Waals surface area contributed by atoms with Crippen LogP contribution in [0, 0.1) is 0 Å². The maximum Gasteiger partial charge on any atom is 0.573 e. The number of hydrogen-bond donors (Lipinski definition) is 1. The van der Waals surface area contributed by atoms with Crippen LogP contribution in [-0.2, 0) is 4.79 Å². The molecule has 0 aliphatic carbocycles. The molecule has 30 heavy (non-hydrogen) atoms. The zero-order valence-corrected chi connectivity index (χ0v) is 16.1. The minimum absolute atomic E-state index is 0.127. The lowest BCUT2D eigenvalue weighted by atomic mass is 10.00. The summed E-state index contributed by atoms with van der Waals surface area (Å²) in [6.07, 6.45) is -4.78. The van der Waals surface area contributed by atoms with Crippen molar-refractivity contribution < 1.29 is 31.9 Å². The molecule has 0 unspecified atom stereocenters. The monoisotopic (exact) mass is 421 g/mol. The van der Waals surface area contributed by atoms with Crippen molar-refractivity contribution in [2.24, 2.45) is 0 Å². The minimum atomic E-state index is -4.78. The number of benzene rings is 2. The number of hydrogen-bond acceptors (Lipinski definition) is 5. The number of anilines is 1. The number of rotatable bonds is 6. The molecule has 9 heteroatoms. The summed E-state index contributed by atoms with van der Waals surface area (Å²) in [5, 5.41) is 3.28. The first-order valence-corrected chi connectivity index (χ1v) is 8.97. The molecule has 1 aromatic heterocycles. The first kappa shape index (κ1) is 21.2. The first-order chi connectivity index (χ1) is 14.1. The number of halogens is 3. The molecule has 0 saturated heterocycles. The number of amides is 1. The van der Waals surface area contributed by atoms with E-state index in [1.54, 1.807) is 12.1 Å². The van der Waals surface area contributed by atoms with Gasteiger partial charge in [-0.05, 0) is 47.9 Å². The fourth-order valence-corrected chi connectivity index (χ4v) is 2.82. The smallest absolute Gasteiger partial charge is 0.484 e. The second-order valence-corrected chi connectivity index (χ2v) is 6.74. The zero-order chi connectivity index (χ0) is 21.9. The summed E-state index contributed by atoms with van der Waals surface area (Å²) in [6.45, 7) is 3.58. The number of carbonyl (C=O) groups is 1. The molecule has 0 fully saturated rings. The third-order valence-corrected chi connectivity index (χ3v) is 4.11. The van der Waals surface area contributed by atoms with Crippen LogP contribution in [0.3, 0.4) is 0 Å². The molecule has 0 atom stereocenters. The van der Waals surface area contributed by atoms with Crippen LogP contribution in [0.4, 0.5) is 18.9 Å². The van der Waals surface area contributed by atoms with E-state index in [9.17, 15) is 22.8 Å². The minimum Gasteiger partial charge on any atom is -0.484 e. The third-order valence-electron chi connectivity index (χ3n) is 4.11. The van der Waals surface area contributed by atoms with E-state index >= 15 is 0 Å². The van der Waals surface area contributed by atoms with Gasteiger partial charge in [-0.15, -0.1) is 13.2 Å². The van der Waals surface area contributed by atoms with E-state index in [0.29, 0.717) is 11.3 Å². The SMILES string of the molecule is CC(C)c1cc(=O)oc2cc(OCC(=O)Nc3ccc(OC(F)(F)F)cc3)ccc12.